The Hall–Kier alpha value is -2.64. The zero-order valence-corrected chi connectivity index (χ0v) is 19.1. The molecule has 0 spiro atoms. The molecule has 3 heteroatoms. The highest BCUT2D eigenvalue weighted by atomic mass is 28.3. The molecule has 0 aliphatic heterocycles. The van der Waals surface area contributed by atoms with Crippen LogP contribution >= 0.6 is 0 Å². The molecule has 30 heavy (non-hydrogen) atoms. The molecule has 1 N–H and O–H groups in total. The molecule has 3 aromatic carbocycles. The summed E-state index contributed by atoms with van der Waals surface area (Å²) in [6.07, 6.45) is -0.678. The fraction of sp³-hybridized carbons (Fsp3) is 0.259. The molecule has 0 aliphatic carbocycles. The SMILES string of the molecule is C[Si](C)(C)C#C[C@H]([C@H](O)c1ccccc1)N(Cc1ccccc1)Cc1ccccc1. The monoisotopic (exact) mass is 413 g/mol. The standard InChI is InChI=1S/C27H31NOSi/c1-30(2,3)20-19-26(27(29)25-17-11-6-12-18-25)28(21-23-13-7-4-8-14-23)22-24-15-9-5-10-16-24/h4-18,26-27,29H,21-22H2,1-3H3/t26-,27-/m1/s1. The molecule has 0 aliphatic rings. The van der Waals surface area contributed by atoms with Crippen molar-refractivity contribution in [3.8, 4) is 11.5 Å². The van der Waals surface area contributed by atoms with Crippen LogP contribution in [0.3, 0.4) is 0 Å². The Bertz CT molecular complexity index is 914. The first-order chi connectivity index (χ1) is 14.4. The van der Waals surface area contributed by atoms with Gasteiger partial charge in [0, 0.05) is 13.1 Å². The molecule has 0 fully saturated rings. The lowest BCUT2D eigenvalue weighted by molar-refractivity contribution is 0.0688. The van der Waals surface area contributed by atoms with Gasteiger partial charge in [0.2, 0.25) is 0 Å². The van der Waals surface area contributed by atoms with Crippen molar-refractivity contribution in [2.75, 3.05) is 0 Å². The molecule has 0 bridgehead atoms. The molecular formula is C27H31NOSi. The van der Waals surface area contributed by atoms with E-state index in [-0.39, 0.29) is 6.04 Å². The van der Waals surface area contributed by atoms with Crippen molar-refractivity contribution < 1.29 is 5.11 Å². The second-order valence-corrected chi connectivity index (χ2v) is 13.4. The molecule has 2 nitrogen and oxygen atoms in total. The fourth-order valence-electron chi connectivity index (χ4n) is 3.38. The van der Waals surface area contributed by atoms with Gasteiger partial charge in [-0.1, -0.05) is 117 Å². The van der Waals surface area contributed by atoms with Crippen LogP contribution in [0.25, 0.3) is 0 Å². The number of hydrogen-bond donors (Lipinski definition) is 1. The van der Waals surface area contributed by atoms with Crippen LogP contribution in [0.15, 0.2) is 91.0 Å². The van der Waals surface area contributed by atoms with Gasteiger partial charge < -0.3 is 5.11 Å². The number of rotatable bonds is 7. The minimum Gasteiger partial charge on any atom is -0.386 e. The number of aliphatic hydroxyl groups is 1. The van der Waals surface area contributed by atoms with E-state index in [0.29, 0.717) is 0 Å². The Morgan fingerprint density at radius 2 is 1.17 bits per heavy atom. The first-order valence-electron chi connectivity index (χ1n) is 10.5. The average Bonchev–Trinajstić information content (AvgIpc) is 2.75. The zero-order chi connectivity index (χ0) is 21.4. The van der Waals surface area contributed by atoms with Crippen LogP contribution in [0, 0.1) is 11.5 Å². The highest BCUT2D eigenvalue weighted by Gasteiger charge is 2.27. The van der Waals surface area contributed by atoms with E-state index in [1.165, 1.54) is 11.1 Å². The number of benzene rings is 3. The molecule has 3 aromatic rings. The molecule has 0 unspecified atom stereocenters. The van der Waals surface area contributed by atoms with Crippen molar-refractivity contribution in [1.29, 1.82) is 0 Å². The van der Waals surface area contributed by atoms with Crippen LogP contribution in [0.2, 0.25) is 19.6 Å². The number of nitrogens with zero attached hydrogens (tertiary/aromatic N) is 1. The molecule has 0 amide bonds. The van der Waals surface area contributed by atoms with Crippen molar-refractivity contribution in [3.05, 3.63) is 108 Å². The first kappa shape index (κ1) is 22.1. The normalized spacial score (nSPS) is 13.4. The van der Waals surface area contributed by atoms with Gasteiger partial charge in [0.25, 0.3) is 0 Å². The van der Waals surface area contributed by atoms with E-state index in [0.717, 1.165) is 18.7 Å². The van der Waals surface area contributed by atoms with Crippen LogP contribution in [-0.2, 0) is 13.1 Å². The fourth-order valence-corrected chi connectivity index (χ4v) is 3.96. The van der Waals surface area contributed by atoms with Gasteiger partial charge in [0.15, 0.2) is 0 Å². The van der Waals surface area contributed by atoms with Crippen LogP contribution in [-0.4, -0.2) is 24.1 Å². The topological polar surface area (TPSA) is 23.5 Å². The molecule has 0 saturated carbocycles. The largest absolute Gasteiger partial charge is 0.386 e. The summed E-state index contributed by atoms with van der Waals surface area (Å²) in [5.41, 5.74) is 6.85. The van der Waals surface area contributed by atoms with Crippen LogP contribution in [0.4, 0.5) is 0 Å². The van der Waals surface area contributed by atoms with Gasteiger partial charge >= 0.3 is 0 Å². The lowest BCUT2D eigenvalue weighted by atomic mass is 10.00. The van der Waals surface area contributed by atoms with Gasteiger partial charge in [-0.25, -0.2) is 0 Å². The Morgan fingerprint density at radius 3 is 1.60 bits per heavy atom. The lowest BCUT2D eigenvalue weighted by Gasteiger charge is -2.32. The van der Waals surface area contributed by atoms with Gasteiger partial charge in [-0.3, -0.25) is 4.90 Å². The van der Waals surface area contributed by atoms with E-state index in [2.05, 4.69) is 84.5 Å². The molecule has 0 aromatic heterocycles. The summed E-state index contributed by atoms with van der Waals surface area (Å²) in [4.78, 5) is 2.30. The van der Waals surface area contributed by atoms with Crippen molar-refractivity contribution in [2.45, 2.75) is 44.9 Å². The lowest BCUT2D eigenvalue weighted by Crippen LogP contribution is -2.38. The molecule has 2 atom stereocenters. The smallest absolute Gasteiger partial charge is 0.129 e. The molecule has 0 saturated heterocycles. The van der Waals surface area contributed by atoms with Crippen LogP contribution in [0.1, 0.15) is 22.8 Å². The minimum absolute atomic E-state index is 0.292. The second kappa shape index (κ2) is 10.4. The maximum atomic E-state index is 11.4. The highest BCUT2D eigenvalue weighted by molar-refractivity contribution is 6.83. The summed E-state index contributed by atoms with van der Waals surface area (Å²) in [5, 5.41) is 11.4. The van der Waals surface area contributed by atoms with E-state index in [1.807, 2.05) is 42.5 Å². The predicted octanol–water partition coefficient (Wildman–Crippen LogP) is 5.67. The molecule has 3 rings (SSSR count). The van der Waals surface area contributed by atoms with Crippen molar-refractivity contribution >= 4 is 8.07 Å². The minimum atomic E-state index is -1.60. The summed E-state index contributed by atoms with van der Waals surface area (Å²) < 4.78 is 0. The van der Waals surface area contributed by atoms with Gasteiger partial charge in [-0.2, -0.15) is 0 Å². The molecule has 0 heterocycles. The third-order valence-corrected chi connectivity index (χ3v) is 5.78. The summed E-state index contributed by atoms with van der Waals surface area (Å²) in [6.45, 7) is 8.18. The quantitative estimate of drug-likeness (QED) is 0.398. The number of aliphatic hydroxyl groups excluding tert-OH is 1. The third kappa shape index (κ3) is 6.71. The highest BCUT2D eigenvalue weighted by Crippen LogP contribution is 2.24. The molecule has 0 radical (unpaired) electrons. The van der Waals surface area contributed by atoms with Crippen LogP contribution < -0.4 is 0 Å². The van der Waals surface area contributed by atoms with Crippen molar-refractivity contribution in [3.63, 3.8) is 0 Å². The second-order valence-electron chi connectivity index (χ2n) is 8.70. The van der Waals surface area contributed by atoms with E-state index in [9.17, 15) is 5.11 Å². The molecule has 154 valence electrons. The van der Waals surface area contributed by atoms with Crippen LogP contribution in [0.5, 0.6) is 0 Å². The Labute approximate surface area is 182 Å². The maximum Gasteiger partial charge on any atom is 0.129 e. The Morgan fingerprint density at radius 1 is 0.733 bits per heavy atom. The van der Waals surface area contributed by atoms with E-state index in [1.54, 1.807) is 0 Å². The van der Waals surface area contributed by atoms with Gasteiger partial charge in [0.1, 0.15) is 20.2 Å². The van der Waals surface area contributed by atoms with Gasteiger partial charge in [0.05, 0.1) is 0 Å². The average molecular weight is 414 g/mol. The van der Waals surface area contributed by atoms with E-state index < -0.39 is 14.2 Å². The van der Waals surface area contributed by atoms with Crippen molar-refractivity contribution in [2.24, 2.45) is 0 Å². The van der Waals surface area contributed by atoms with Gasteiger partial charge in [-0.05, 0) is 16.7 Å². The third-order valence-electron chi connectivity index (χ3n) is 4.89. The van der Waals surface area contributed by atoms with E-state index >= 15 is 0 Å². The summed E-state index contributed by atoms with van der Waals surface area (Å²) in [5.74, 6) is 3.49. The summed E-state index contributed by atoms with van der Waals surface area (Å²) in [7, 11) is -1.60. The van der Waals surface area contributed by atoms with Crippen molar-refractivity contribution in [1.82, 2.24) is 4.90 Å². The Balaban J connectivity index is 2.00. The number of hydrogen-bond acceptors (Lipinski definition) is 2. The first-order valence-corrected chi connectivity index (χ1v) is 14.0. The summed E-state index contributed by atoms with van der Waals surface area (Å²) >= 11 is 0. The zero-order valence-electron chi connectivity index (χ0n) is 18.1. The molecular weight excluding hydrogens is 382 g/mol. The Kier molecular flexibility index (Phi) is 7.65. The summed E-state index contributed by atoms with van der Waals surface area (Å²) in [6, 6.07) is 30.5. The predicted molar refractivity (Wildman–Crippen MR) is 128 cm³/mol. The van der Waals surface area contributed by atoms with E-state index in [4.69, 9.17) is 0 Å². The maximum absolute atomic E-state index is 11.4. The van der Waals surface area contributed by atoms with Gasteiger partial charge in [-0.15, -0.1) is 5.54 Å².